The van der Waals surface area contributed by atoms with Gasteiger partial charge in [0, 0.05) is 17.3 Å². The summed E-state index contributed by atoms with van der Waals surface area (Å²) in [5, 5.41) is 18.8. The van der Waals surface area contributed by atoms with E-state index in [9.17, 15) is 14.3 Å². The molecule has 31 heavy (non-hydrogen) atoms. The second-order valence-corrected chi connectivity index (χ2v) is 6.79. The Hall–Kier alpha value is -4.11. The molecule has 0 aliphatic rings. The van der Waals surface area contributed by atoms with Gasteiger partial charge in [-0.1, -0.05) is 36.4 Å². The maximum absolute atomic E-state index is 14.8. The van der Waals surface area contributed by atoms with Crippen LogP contribution in [0.3, 0.4) is 0 Å². The minimum absolute atomic E-state index is 0.133. The molecule has 0 aliphatic heterocycles. The number of amides is 1. The number of nitrogens with two attached hydrogens (primary N) is 1. The third-order valence-corrected chi connectivity index (χ3v) is 4.77. The molecule has 1 amide bonds. The molecule has 0 fully saturated rings. The summed E-state index contributed by atoms with van der Waals surface area (Å²) in [6.07, 6.45) is 4.74. The summed E-state index contributed by atoms with van der Waals surface area (Å²) in [6.45, 7) is -0.317. The molecule has 0 bridgehead atoms. The van der Waals surface area contributed by atoms with Crippen molar-refractivity contribution < 1.29 is 14.3 Å². The van der Waals surface area contributed by atoms with E-state index in [1.807, 2.05) is 6.07 Å². The van der Waals surface area contributed by atoms with Gasteiger partial charge in [-0.3, -0.25) is 9.89 Å². The van der Waals surface area contributed by atoms with Crippen LogP contribution in [0.5, 0.6) is 0 Å². The summed E-state index contributed by atoms with van der Waals surface area (Å²) in [5.74, 6) is -1.25. The molecule has 2 aromatic carbocycles. The molecule has 2 aromatic heterocycles. The molecule has 0 radical (unpaired) electrons. The van der Waals surface area contributed by atoms with Crippen LogP contribution in [-0.4, -0.2) is 37.8 Å². The van der Waals surface area contributed by atoms with Crippen LogP contribution in [0, 0.1) is 5.82 Å². The number of nitrogens with zero attached hydrogens (tertiary/aromatic N) is 3. The molecule has 2 heterocycles. The SMILES string of the molecule is Nc1ncc(-c2cn[nH]c2)nc1-c1ccc(C(=O)NC(CO)c2ccccc2)c(F)c1. The van der Waals surface area contributed by atoms with Crippen LogP contribution in [0.2, 0.25) is 0 Å². The minimum Gasteiger partial charge on any atom is -0.394 e. The van der Waals surface area contributed by atoms with Crippen LogP contribution in [0.25, 0.3) is 22.5 Å². The van der Waals surface area contributed by atoms with Crippen LogP contribution in [0.1, 0.15) is 22.0 Å². The van der Waals surface area contributed by atoms with E-state index in [1.54, 1.807) is 42.7 Å². The zero-order valence-corrected chi connectivity index (χ0v) is 16.3. The first-order valence-corrected chi connectivity index (χ1v) is 9.45. The molecule has 5 N–H and O–H groups in total. The van der Waals surface area contributed by atoms with Crippen LogP contribution < -0.4 is 11.1 Å². The quantitative estimate of drug-likeness (QED) is 0.381. The van der Waals surface area contributed by atoms with Crippen molar-refractivity contribution in [2.75, 3.05) is 12.3 Å². The highest BCUT2D eigenvalue weighted by Crippen LogP contribution is 2.27. The number of benzene rings is 2. The number of carbonyl (C=O) groups excluding carboxylic acids is 1. The van der Waals surface area contributed by atoms with Gasteiger partial charge in [0.05, 0.1) is 36.3 Å². The van der Waals surface area contributed by atoms with Crippen molar-refractivity contribution in [2.24, 2.45) is 0 Å². The van der Waals surface area contributed by atoms with Crippen LogP contribution in [-0.2, 0) is 0 Å². The van der Waals surface area contributed by atoms with Gasteiger partial charge >= 0.3 is 0 Å². The molecule has 8 nitrogen and oxygen atoms in total. The molecular weight excluding hydrogens is 399 g/mol. The van der Waals surface area contributed by atoms with Gasteiger partial charge in [0.2, 0.25) is 0 Å². The molecule has 1 atom stereocenters. The molecular formula is C22H19FN6O2. The first-order chi connectivity index (χ1) is 15.1. The first-order valence-electron chi connectivity index (χ1n) is 9.45. The number of rotatable bonds is 6. The number of aliphatic hydroxyl groups excluding tert-OH is 1. The van der Waals surface area contributed by atoms with Gasteiger partial charge in [-0.15, -0.1) is 0 Å². The summed E-state index contributed by atoms with van der Waals surface area (Å²) in [7, 11) is 0. The zero-order valence-electron chi connectivity index (χ0n) is 16.3. The van der Waals surface area contributed by atoms with Crippen molar-refractivity contribution >= 4 is 11.7 Å². The van der Waals surface area contributed by atoms with Crippen molar-refractivity contribution in [3.05, 3.63) is 84.1 Å². The Morgan fingerprint density at radius 2 is 1.97 bits per heavy atom. The predicted molar refractivity (Wildman–Crippen MR) is 113 cm³/mol. The Morgan fingerprint density at radius 3 is 2.65 bits per heavy atom. The van der Waals surface area contributed by atoms with E-state index < -0.39 is 17.8 Å². The molecule has 9 heteroatoms. The third kappa shape index (κ3) is 4.26. The lowest BCUT2D eigenvalue weighted by molar-refractivity contribution is 0.0912. The summed E-state index contributed by atoms with van der Waals surface area (Å²) < 4.78 is 14.8. The molecule has 0 aliphatic carbocycles. The van der Waals surface area contributed by atoms with Crippen molar-refractivity contribution in [1.29, 1.82) is 0 Å². The van der Waals surface area contributed by atoms with Gasteiger partial charge in [0.15, 0.2) is 0 Å². The lowest BCUT2D eigenvalue weighted by Gasteiger charge is -2.17. The largest absolute Gasteiger partial charge is 0.394 e. The fourth-order valence-corrected chi connectivity index (χ4v) is 3.14. The normalized spacial score (nSPS) is 11.8. The molecule has 0 spiro atoms. The van der Waals surface area contributed by atoms with E-state index in [1.165, 1.54) is 18.3 Å². The highest BCUT2D eigenvalue weighted by molar-refractivity contribution is 5.95. The lowest BCUT2D eigenvalue weighted by Crippen LogP contribution is -2.31. The maximum atomic E-state index is 14.8. The molecule has 156 valence electrons. The standard InChI is InChI=1S/C22H19FN6O2/c23-17-8-14(20-21(24)25-11-18(28-20)15-9-26-27-10-15)6-7-16(17)22(31)29-19(12-30)13-4-2-1-3-5-13/h1-11,19,30H,12H2,(H2,24,25)(H,26,27)(H,29,31). The highest BCUT2D eigenvalue weighted by Gasteiger charge is 2.19. The van der Waals surface area contributed by atoms with Gasteiger partial charge in [-0.05, 0) is 17.7 Å². The molecule has 0 saturated carbocycles. The van der Waals surface area contributed by atoms with Gasteiger partial charge in [-0.2, -0.15) is 5.10 Å². The fourth-order valence-electron chi connectivity index (χ4n) is 3.14. The first kappa shape index (κ1) is 20.2. The van der Waals surface area contributed by atoms with Crippen molar-refractivity contribution in [3.8, 4) is 22.5 Å². The molecule has 4 rings (SSSR count). The van der Waals surface area contributed by atoms with Crippen molar-refractivity contribution in [1.82, 2.24) is 25.5 Å². The Bertz CT molecular complexity index is 1200. The van der Waals surface area contributed by atoms with E-state index in [0.717, 1.165) is 5.56 Å². The number of carbonyl (C=O) groups is 1. The summed E-state index contributed by atoms with van der Waals surface area (Å²) >= 11 is 0. The summed E-state index contributed by atoms with van der Waals surface area (Å²) in [6, 6.07) is 12.4. The van der Waals surface area contributed by atoms with E-state index >= 15 is 0 Å². The van der Waals surface area contributed by atoms with E-state index in [-0.39, 0.29) is 18.0 Å². The topological polar surface area (TPSA) is 130 Å². The van der Waals surface area contributed by atoms with Gasteiger partial charge in [0.1, 0.15) is 17.3 Å². The number of hydrogen-bond donors (Lipinski definition) is 4. The number of aliphatic hydroxyl groups is 1. The van der Waals surface area contributed by atoms with E-state index in [2.05, 4.69) is 25.5 Å². The fraction of sp³-hybridized carbons (Fsp3) is 0.0909. The van der Waals surface area contributed by atoms with Crippen molar-refractivity contribution in [3.63, 3.8) is 0 Å². The predicted octanol–water partition coefficient (Wildman–Crippen LogP) is 2.72. The van der Waals surface area contributed by atoms with Gasteiger partial charge in [0.25, 0.3) is 5.91 Å². The monoisotopic (exact) mass is 418 g/mol. The number of H-pyrrole nitrogens is 1. The minimum atomic E-state index is -0.741. The average Bonchev–Trinajstić information content (AvgIpc) is 3.33. The van der Waals surface area contributed by atoms with Crippen molar-refractivity contribution in [2.45, 2.75) is 6.04 Å². The number of anilines is 1. The van der Waals surface area contributed by atoms with Crippen LogP contribution in [0.4, 0.5) is 10.2 Å². The zero-order chi connectivity index (χ0) is 21.8. The van der Waals surface area contributed by atoms with E-state index in [4.69, 9.17) is 5.73 Å². The number of aromatic amines is 1. The molecule has 1 unspecified atom stereocenters. The number of hydrogen-bond acceptors (Lipinski definition) is 6. The Labute approximate surface area is 177 Å². The van der Waals surface area contributed by atoms with E-state index in [0.29, 0.717) is 22.5 Å². The Kier molecular flexibility index (Phi) is 5.67. The number of nitrogens with one attached hydrogen (secondary N) is 2. The number of halogens is 1. The molecule has 4 aromatic rings. The number of nitrogen functional groups attached to an aromatic ring is 1. The average molecular weight is 418 g/mol. The lowest BCUT2D eigenvalue weighted by atomic mass is 10.0. The maximum Gasteiger partial charge on any atom is 0.254 e. The second kappa shape index (κ2) is 8.72. The van der Waals surface area contributed by atoms with Crippen LogP contribution >= 0.6 is 0 Å². The summed E-state index contributed by atoms with van der Waals surface area (Å²) in [5.41, 5.74) is 8.41. The van der Waals surface area contributed by atoms with Gasteiger partial charge < -0.3 is 16.2 Å². The Morgan fingerprint density at radius 1 is 1.16 bits per heavy atom. The smallest absolute Gasteiger partial charge is 0.254 e. The second-order valence-electron chi connectivity index (χ2n) is 6.79. The summed E-state index contributed by atoms with van der Waals surface area (Å²) in [4.78, 5) is 21.2. The number of aromatic nitrogens is 4. The molecule has 0 saturated heterocycles. The third-order valence-electron chi connectivity index (χ3n) is 4.77. The Balaban J connectivity index is 1.60. The highest BCUT2D eigenvalue weighted by atomic mass is 19.1. The van der Waals surface area contributed by atoms with Crippen LogP contribution in [0.15, 0.2) is 67.1 Å². The van der Waals surface area contributed by atoms with Gasteiger partial charge in [-0.25, -0.2) is 14.4 Å².